The van der Waals surface area contributed by atoms with Gasteiger partial charge in [0.1, 0.15) is 0 Å². The van der Waals surface area contributed by atoms with Crippen LogP contribution in [0.3, 0.4) is 0 Å². The molecule has 0 unspecified atom stereocenters. The summed E-state index contributed by atoms with van der Waals surface area (Å²) in [5, 5.41) is 0. The summed E-state index contributed by atoms with van der Waals surface area (Å²) in [6.45, 7) is 4.72. The first-order valence-corrected chi connectivity index (χ1v) is 14.0. The van der Waals surface area contributed by atoms with Crippen molar-refractivity contribution in [2.24, 2.45) is 0 Å². The number of anilines is 3. The number of benzene rings is 6. The highest BCUT2D eigenvalue weighted by molar-refractivity contribution is 5.87. The van der Waals surface area contributed by atoms with Crippen molar-refractivity contribution in [1.29, 1.82) is 0 Å². The molecular formula is C39H31N. The molecule has 6 aromatic carbocycles. The average molecular weight is 514 g/mol. The topological polar surface area (TPSA) is 3.24 Å². The van der Waals surface area contributed by atoms with Gasteiger partial charge >= 0.3 is 0 Å². The molecule has 192 valence electrons. The summed E-state index contributed by atoms with van der Waals surface area (Å²) in [6.07, 6.45) is 0. The summed E-state index contributed by atoms with van der Waals surface area (Å²) in [4.78, 5) is 2.35. The van der Waals surface area contributed by atoms with Crippen LogP contribution in [0.2, 0.25) is 0 Å². The van der Waals surface area contributed by atoms with E-state index >= 15 is 0 Å². The molecule has 0 heterocycles. The van der Waals surface area contributed by atoms with E-state index in [1.54, 1.807) is 0 Å². The molecular weight excluding hydrogens is 482 g/mol. The van der Waals surface area contributed by atoms with Gasteiger partial charge in [0.15, 0.2) is 0 Å². The molecule has 1 aliphatic carbocycles. The highest BCUT2D eigenvalue weighted by atomic mass is 15.1. The summed E-state index contributed by atoms with van der Waals surface area (Å²) in [7, 11) is 0. The second-order valence-electron chi connectivity index (χ2n) is 11.1. The van der Waals surface area contributed by atoms with Crippen LogP contribution in [0.15, 0.2) is 152 Å². The molecule has 0 atom stereocenters. The Balaban J connectivity index is 1.27. The number of para-hydroxylation sites is 2. The van der Waals surface area contributed by atoms with Crippen molar-refractivity contribution in [1.82, 2.24) is 0 Å². The number of hydrogen-bond donors (Lipinski definition) is 0. The molecule has 0 fully saturated rings. The number of rotatable bonds is 5. The van der Waals surface area contributed by atoms with Crippen LogP contribution in [0.4, 0.5) is 17.1 Å². The van der Waals surface area contributed by atoms with Crippen LogP contribution in [-0.4, -0.2) is 0 Å². The predicted molar refractivity (Wildman–Crippen MR) is 170 cm³/mol. The molecule has 40 heavy (non-hydrogen) atoms. The molecule has 0 radical (unpaired) electrons. The standard InChI is InChI=1S/C39H31N/c1-39(2)37-26-31(30-20-18-29(19-21-30)28-12-6-3-7-13-28)22-24-35(37)36-25-23-34(27-38(36)39)40(32-14-8-4-9-15-32)33-16-10-5-11-17-33/h3-27H,1-2H3. The highest BCUT2D eigenvalue weighted by Gasteiger charge is 2.36. The Morgan fingerprint density at radius 2 is 0.800 bits per heavy atom. The lowest BCUT2D eigenvalue weighted by Gasteiger charge is -2.28. The van der Waals surface area contributed by atoms with Gasteiger partial charge in [-0.25, -0.2) is 0 Å². The van der Waals surface area contributed by atoms with Crippen molar-refractivity contribution in [3.8, 4) is 33.4 Å². The number of fused-ring (bicyclic) bond motifs is 3. The first kappa shape index (κ1) is 24.2. The molecule has 1 aliphatic rings. The lowest BCUT2D eigenvalue weighted by atomic mass is 9.81. The third-order valence-electron chi connectivity index (χ3n) is 8.27. The Hall–Kier alpha value is -4.88. The fourth-order valence-corrected chi connectivity index (χ4v) is 6.13. The van der Waals surface area contributed by atoms with Crippen molar-refractivity contribution < 1.29 is 0 Å². The van der Waals surface area contributed by atoms with Crippen LogP contribution in [0.5, 0.6) is 0 Å². The monoisotopic (exact) mass is 513 g/mol. The van der Waals surface area contributed by atoms with Crippen LogP contribution in [0.1, 0.15) is 25.0 Å². The van der Waals surface area contributed by atoms with Crippen molar-refractivity contribution in [2.45, 2.75) is 19.3 Å². The van der Waals surface area contributed by atoms with Gasteiger partial charge in [-0.3, -0.25) is 0 Å². The van der Waals surface area contributed by atoms with E-state index in [9.17, 15) is 0 Å². The van der Waals surface area contributed by atoms with Gasteiger partial charge in [-0.15, -0.1) is 0 Å². The quantitative estimate of drug-likeness (QED) is 0.222. The third kappa shape index (κ3) is 4.12. The average Bonchev–Trinajstić information content (AvgIpc) is 3.24. The van der Waals surface area contributed by atoms with Gasteiger partial charge in [-0.1, -0.05) is 123 Å². The third-order valence-corrected chi connectivity index (χ3v) is 8.27. The molecule has 0 spiro atoms. The van der Waals surface area contributed by atoms with E-state index in [2.05, 4.69) is 170 Å². The summed E-state index contributed by atoms with van der Waals surface area (Å²) in [5.41, 5.74) is 13.8. The lowest BCUT2D eigenvalue weighted by molar-refractivity contribution is 0.660. The molecule has 0 amide bonds. The van der Waals surface area contributed by atoms with Gasteiger partial charge in [0.25, 0.3) is 0 Å². The van der Waals surface area contributed by atoms with Crippen molar-refractivity contribution in [2.75, 3.05) is 4.90 Å². The van der Waals surface area contributed by atoms with Gasteiger partial charge in [-0.05, 0) is 87.0 Å². The van der Waals surface area contributed by atoms with Crippen LogP contribution in [0.25, 0.3) is 33.4 Å². The minimum atomic E-state index is -0.111. The van der Waals surface area contributed by atoms with E-state index in [1.165, 1.54) is 50.2 Å². The number of nitrogens with zero attached hydrogens (tertiary/aromatic N) is 1. The number of hydrogen-bond acceptors (Lipinski definition) is 1. The maximum atomic E-state index is 2.40. The lowest BCUT2D eigenvalue weighted by Crippen LogP contribution is -2.16. The van der Waals surface area contributed by atoms with Crippen molar-refractivity contribution in [3.05, 3.63) is 163 Å². The highest BCUT2D eigenvalue weighted by Crippen LogP contribution is 2.51. The molecule has 0 N–H and O–H groups in total. The van der Waals surface area contributed by atoms with E-state index in [1.807, 2.05) is 0 Å². The Labute approximate surface area is 237 Å². The Kier molecular flexibility index (Phi) is 5.86. The minimum Gasteiger partial charge on any atom is -0.310 e. The van der Waals surface area contributed by atoms with Crippen molar-refractivity contribution in [3.63, 3.8) is 0 Å². The summed E-state index contributed by atoms with van der Waals surface area (Å²) in [5.74, 6) is 0. The first-order chi connectivity index (χ1) is 19.6. The van der Waals surface area contributed by atoms with Crippen LogP contribution in [-0.2, 0) is 5.41 Å². The zero-order chi connectivity index (χ0) is 27.1. The fourth-order valence-electron chi connectivity index (χ4n) is 6.13. The largest absolute Gasteiger partial charge is 0.310 e. The summed E-state index contributed by atoms with van der Waals surface area (Å²) in [6, 6.07) is 54.7. The Morgan fingerprint density at radius 3 is 1.38 bits per heavy atom. The normalized spacial score (nSPS) is 12.9. The van der Waals surface area contributed by atoms with Crippen LogP contribution >= 0.6 is 0 Å². The molecule has 1 nitrogen and oxygen atoms in total. The maximum absolute atomic E-state index is 2.40. The minimum absolute atomic E-state index is 0.111. The smallest absolute Gasteiger partial charge is 0.0465 e. The molecule has 1 heteroatoms. The molecule has 0 bridgehead atoms. The predicted octanol–water partition coefficient (Wildman–Crippen LogP) is 10.8. The SMILES string of the molecule is CC1(C)c2cc(-c3ccc(-c4ccccc4)cc3)ccc2-c2ccc(N(c3ccccc3)c3ccccc3)cc21. The van der Waals surface area contributed by atoms with Gasteiger partial charge in [0.2, 0.25) is 0 Å². The van der Waals surface area contributed by atoms with Crippen LogP contribution in [0, 0.1) is 0 Å². The molecule has 0 aliphatic heterocycles. The van der Waals surface area contributed by atoms with Gasteiger partial charge in [0, 0.05) is 22.5 Å². The Morgan fingerprint density at radius 1 is 0.375 bits per heavy atom. The summed E-state index contributed by atoms with van der Waals surface area (Å²) >= 11 is 0. The van der Waals surface area contributed by atoms with E-state index < -0.39 is 0 Å². The maximum Gasteiger partial charge on any atom is 0.0465 e. The second kappa shape index (κ2) is 9.70. The van der Waals surface area contributed by atoms with E-state index in [-0.39, 0.29) is 5.41 Å². The van der Waals surface area contributed by atoms with E-state index in [4.69, 9.17) is 0 Å². The van der Waals surface area contributed by atoms with Crippen molar-refractivity contribution >= 4 is 17.1 Å². The molecule has 7 rings (SSSR count). The molecule has 0 saturated heterocycles. The van der Waals surface area contributed by atoms with Gasteiger partial charge < -0.3 is 4.90 Å². The zero-order valence-electron chi connectivity index (χ0n) is 22.9. The molecule has 0 saturated carbocycles. The fraction of sp³-hybridized carbons (Fsp3) is 0.0769. The zero-order valence-corrected chi connectivity index (χ0v) is 22.9. The van der Waals surface area contributed by atoms with Gasteiger partial charge in [-0.2, -0.15) is 0 Å². The van der Waals surface area contributed by atoms with Gasteiger partial charge in [0.05, 0.1) is 0 Å². The molecule has 6 aromatic rings. The Bertz CT molecular complexity index is 1740. The summed E-state index contributed by atoms with van der Waals surface area (Å²) < 4.78 is 0. The van der Waals surface area contributed by atoms with Crippen LogP contribution < -0.4 is 4.90 Å². The second-order valence-corrected chi connectivity index (χ2v) is 11.1. The van der Waals surface area contributed by atoms with E-state index in [0.717, 1.165) is 11.4 Å². The first-order valence-electron chi connectivity index (χ1n) is 14.0. The van der Waals surface area contributed by atoms with E-state index in [0.29, 0.717) is 0 Å². The molecule has 0 aromatic heterocycles.